The van der Waals surface area contributed by atoms with Crippen molar-refractivity contribution in [3.8, 4) is 11.5 Å². The van der Waals surface area contributed by atoms with Crippen LogP contribution in [0.4, 0.5) is 4.79 Å². The zero-order chi connectivity index (χ0) is 26.5. The Bertz CT molecular complexity index is 1180. The number of alkyl carbamates (subject to hydrolysis) is 1. The molecule has 2 atom stereocenters. The highest BCUT2D eigenvalue weighted by Gasteiger charge is 2.28. The largest absolute Gasteiger partial charge is 0.491 e. The number of imide groups is 1. The van der Waals surface area contributed by atoms with E-state index >= 15 is 0 Å². The van der Waals surface area contributed by atoms with Crippen LogP contribution in [0.2, 0.25) is 0 Å². The number of benzene rings is 3. The molecule has 0 heterocycles. The minimum Gasteiger partial charge on any atom is -0.491 e. The topological polar surface area (TPSA) is 143 Å². The zero-order valence-corrected chi connectivity index (χ0v) is 19.7. The fourth-order valence-corrected chi connectivity index (χ4v) is 3.22. The molecular weight excluding hydrogens is 480 g/mol. The van der Waals surface area contributed by atoms with Crippen molar-refractivity contribution in [1.29, 1.82) is 0 Å². The van der Waals surface area contributed by atoms with Gasteiger partial charge in [-0.3, -0.25) is 20.1 Å². The summed E-state index contributed by atoms with van der Waals surface area (Å²) in [5.74, 6) is -0.598. The van der Waals surface area contributed by atoms with Crippen LogP contribution in [0.25, 0.3) is 0 Å². The quantitative estimate of drug-likeness (QED) is 0.176. The van der Waals surface area contributed by atoms with Gasteiger partial charge in [0.05, 0.1) is 6.61 Å². The summed E-state index contributed by atoms with van der Waals surface area (Å²) >= 11 is 0. The van der Waals surface area contributed by atoms with E-state index < -0.39 is 30.1 Å². The maximum Gasteiger partial charge on any atom is 0.414 e. The van der Waals surface area contributed by atoms with E-state index in [1.807, 2.05) is 0 Å². The van der Waals surface area contributed by atoms with Gasteiger partial charge in [-0.05, 0) is 48.0 Å². The highest BCUT2D eigenvalue weighted by molar-refractivity contribution is 6.02. The monoisotopic (exact) mass is 506 g/mol. The number of hydroxylamine groups is 1. The second kappa shape index (κ2) is 14.0. The van der Waals surface area contributed by atoms with Crippen molar-refractivity contribution in [2.75, 3.05) is 13.2 Å². The molecule has 0 aliphatic carbocycles. The van der Waals surface area contributed by atoms with Crippen molar-refractivity contribution >= 4 is 17.9 Å². The van der Waals surface area contributed by atoms with E-state index in [2.05, 4.69) is 5.32 Å². The molecule has 10 heteroatoms. The SMILES string of the molecule is O=C(/C=C/[C@@H](Oc1ccccc1)[C@H](OC(=O)NC(=O)c1ccccc1)c1ccc(OCCO)cc1)NO. The van der Waals surface area contributed by atoms with E-state index in [0.717, 1.165) is 6.08 Å². The first-order chi connectivity index (χ1) is 18.0. The fraction of sp³-hybridized carbons (Fsp3) is 0.148. The molecule has 3 aromatic carbocycles. The van der Waals surface area contributed by atoms with Gasteiger partial charge in [-0.25, -0.2) is 10.3 Å². The van der Waals surface area contributed by atoms with Gasteiger partial charge in [-0.1, -0.05) is 48.5 Å². The summed E-state index contributed by atoms with van der Waals surface area (Å²) in [5.41, 5.74) is 2.21. The Morgan fingerprint density at radius 3 is 2.14 bits per heavy atom. The van der Waals surface area contributed by atoms with Crippen LogP contribution in [-0.2, 0) is 9.53 Å². The summed E-state index contributed by atoms with van der Waals surface area (Å²) in [5, 5.41) is 20.0. The third-order valence-corrected chi connectivity index (χ3v) is 4.92. The molecule has 4 N–H and O–H groups in total. The second-order valence-electron chi connectivity index (χ2n) is 7.52. The van der Waals surface area contributed by atoms with Gasteiger partial charge in [-0.2, -0.15) is 0 Å². The number of carbonyl (C=O) groups is 3. The summed E-state index contributed by atoms with van der Waals surface area (Å²) in [7, 11) is 0. The van der Waals surface area contributed by atoms with Crippen molar-refractivity contribution < 1.29 is 38.9 Å². The number of para-hydroxylation sites is 1. The minimum absolute atomic E-state index is 0.0992. The van der Waals surface area contributed by atoms with E-state index in [-0.39, 0.29) is 18.8 Å². The lowest BCUT2D eigenvalue weighted by Gasteiger charge is -2.26. The molecule has 3 aromatic rings. The molecule has 0 aliphatic rings. The zero-order valence-electron chi connectivity index (χ0n) is 19.7. The summed E-state index contributed by atoms with van der Waals surface area (Å²) in [6.07, 6.45) is -0.900. The van der Waals surface area contributed by atoms with Crippen LogP contribution in [0.3, 0.4) is 0 Å². The van der Waals surface area contributed by atoms with Crippen LogP contribution < -0.4 is 20.3 Å². The van der Waals surface area contributed by atoms with E-state index in [1.165, 1.54) is 11.6 Å². The number of ether oxygens (including phenoxy) is 3. The van der Waals surface area contributed by atoms with E-state index in [1.54, 1.807) is 84.9 Å². The van der Waals surface area contributed by atoms with Gasteiger partial charge >= 0.3 is 6.09 Å². The van der Waals surface area contributed by atoms with Crippen molar-refractivity contribution in [1.82, 2.24) is 10.8 Å². The second-order valence-corrected chi connectivity index (χ2v) is 7.52. The molecule has 0 bridgehead atoms. The van der Waals surface area contributed by atoms with Crippen LogP contribution in [0.15, 0.2) is 97.1 Å². The van der Waals surface area contributed by atoms with Gasteiger partial charge in [0, 0.05) is 11.6 Å². The smallest absolute Gasteiger partial charge is 0.414 e. The number of hydrogen-bond acceptors (Lipinski definition) is 8. The Morgan fingerprint density at radius 1 is 0.865 bits per heavy atom. The van der Waals surface area contributed by atoms with Crippen molar-refractivity contribution in [3.63, 3.8) is 0 Å². The van der Waals surface area contributed by atoms with E-state index in [4.69, 9.17) is 24.5 Å². The molecular formula is C27H26N2O8. The molecule has 3 rings (SSSR count). The normalized spacial score (nSPS) is 12.3. The summed E-state index contributed by atoms with van der Waals surface area (Å²) in [4.78, 5) is 36.9. The van der Waals surface area contributed by atoms with Crippen molar-refractivity contribution in [3.05, 3.63) is 108 Å². The van der Waals surface area contributed by atoms with Gasteiger partial charge in [-0.15, -0.1) is 0 Å². The van der Waals surface area contributed by atoms with Crippen LogP contribution in [0.5, 0.6) is 11.5 Å². The predicted molar refractivity (Wildman–Crippen MR) is 132 cm³/mol. The number of aliphatic hydroxyl groups excluding tert-OH is 1. The lowest BCUT2D eigenvalue weighted by atomic mass is 10.0. The lowest BCUT2D eigenvalue weighted by molar-refractivity contribution is -0.124. The predicted octanol–water partition coefficient (Wildman–Crippen LogP) is 3.17. The van der Waals surface area contributed by atoms with Gasteiger partial charge in [0.1, 0.15) is 18.1 Å². The van der Waals surface area contributed by atoms with Gasteiger partial charge in [0.15, 0.2) is 12.2 Å². The molecule has 192 valence electrons. The summed E-state index contributed by atoms with van der Waals surface area (Å²) in [6, 6.07) is 23.2. The van der Waals surface area contributed by atoms with Gasteiger partial charge in [0.2, 0.25) is 0 Å². The fourth-order valence-electron chi connectivity index (χ4n) is 3.22. The number of hydrogen-bond donors (Lipinski definition) is 4. The highest BCUT2D eigenvalue weighted by Crippen LogP contribution is 2.28. The maximum absolute atomic E-state index is 12.8. The molecule has 0 radical (unpaired) electrons. The molecule has 37 heavy (non-hydrogen) atoms. The van der Waals surface area contributed by atoms with E-state index in [9.17, 15) is 14.4 Å². The van der Waals surface area contributed by atoms with Crippen LogP contribution >= 0.6 is 0 Å². The Hall–Kier alpha value is -4.67. The number of amides is 3. The van der Waals surface area contributed by atoms with Crippen LogP contribution in [-0.4, -0.2) is 47.5 Å². The summed E-state index contributed by atoms with van der Waals surface area (Å²) in [6.45, 7) is -0.0597. The first kappa shape index (κ1) is 26.9. The highest BCUT2D eigenvalue weighted by atomic mass is 16.6. The maximum atomic E-state index is 12.8. The van der Waals surface area contributed by atoms with Gasteiger partial charge in [0.25, 0.3) is 11.8 Å². The number of nitrogens with one attached hydrogen (secondary N) is 2. The van der Waals surface area contributed by atoms with E-state index in [0.29, 0.717) is 17.1 Å². The molecule has 3 amide bonds. The molecule has 0 unspecified atom stereocenters. The first-order valence-electron chi connectivity index (χ1n) is 11.2. The van der Waals surface area contributed by atoms with Crippen LogP contribution in [0, 0.1) is 0 Å². The Balaban J connectivity index is 1.91. The lowest BCUT2D eigenvalue weighted by Crippen LogP contribution is -2.36. The van der Waals surface area contributed by atoms with Crippen LogP contribution in [0.1, 0.15) is 22.0 Å². The average Bonchev–Trinajstić information content (AvgIpc) is 2.94. The summed E-state index contributed by atoms with van der Waals surface area (Å²) < 4.78 is 17.0. The van der Waals surface area contributed by atoms with Gasteiger partial charge < -0.3 is 19.3 Å². The molecule has 0 saturated carbocycles. The Kier molecular flexibility index (Phi) is 10.2. The molecule has 0 aliphatic heterocycles. The van der Waals surface area contributed by atoms with Crippen molar-refractivity contribution in [2.24, 2.45) is 0 Å². The number of carbonyl (C=O) groups excluding carboxylic acids is 3. The Morgan fingerprint density at radius 2 is 1.51 bits per heavy atom. The first-order valence-corrected chi connectivity index (χ1v) is 11.2. The number of rotatable bonds is 11. The minimum atomic E-state index is -1.14. The average molecular weight is 507 g/mol. The third-order valence-electron chi connectivity index (χ3n) is 4.92. The molecule has 0 spiro atoms. The molecule has 0 fully saturated rings. The molecule has 0 aromatic heterocycles. The Labute approximate surface area is 213 Å². The molecule has 10 nitrogen and oxygen atoms in total. The van der Waals surface area contributed by atoms with Crippen molar-refractivity contribution in [2.45, 2.75) is 12.2 Å². The molecule has 0 saturated heterocycles. The standard InChI is InChI=1S/C27H26N2O8/c30-17-18-35-21-13-11-19(12-14-21)25(37-27(33)28-26(32)20-7-3-1-4-8-20)23(15-16-24(31)29-34)36-22-9-5-2-6-10-22/h1-16,23,25,30,34H,17-18H2,(H,29,31)(H,28,32,33)/b16-15+/t23-,25-/m1/s1. The number of aliphatic hydroxyl groups is 1. The third kappa shape index (κ3) is 8.49.